The molecule has 1 aromatic rings. The molecule has 0 atom stereocenters. The van der Waals surface area contributed by atoms with Gasteiger partial charge in [0.2, 0.25) is 0 Å². The summed E-state index contributed by atoms with van der Waals surface area (Å²) in [5, 5.41) is 0. The summed E-state index contributed by atoms with van der Waals surface area (Å²) in [6.45, 7) is 0.723. The number of hydrogen-bond acceptors (Lipinski definition) is 3. The van der Waals surface area contributed by atoms with Gasteiger partial charge >= 0.3 is 0 Å². The first-order valence-electron chi connectivity index (χ1n) is 5.62. The molecule has 2 N–H and O–H groups in total. The van der Waals surface area contributed by atoms with Crippen molar-refractivity contribution in [2.24, 2.45) is 5.73 Å². The average molecular weight is 221 g/mol. The Hall–Kier alpha value is -0.900. The Bertz CT molecular complexity index is 357. The molecule has 0 radical (unpaired) electrons. The van der Waals surface area contributed by atoms with Gasteiger partial charge in [0.1, 0.15) is 0 Å². The Morgan fingerprint density at radius 3 is 2.50 bits per heavy atom. The van der Waals surface area contributed by atoms with Crippen LogP contribution in [0.3, 0.4) is 0 Å². The van der Waals surface area contributed by atoms with Crippen LogP contribution < -0.4 is 5.73 Å². The fourth-order valence-corrected chi connectivity index (χ4v) is 2.15. The van der Waals surface area contributed by atoms with Gasteiger partial charge in [-0.1, -0.05) is 24.3 Å². The summed E-state index contributed by atoms with van der Waals surface area (Å²) in [6, 6.07) is 8.36. The summed E-state index contributed by atoms with van der Waals surface area (Å²) >= 11 is 0. The highest BCUT2D eigenvalue weighted by atomic mass is 16.7. The SMILES string of the molecule is COC(OC)c1cccc(C2(CN)CC2)c1. The fourth-order valence-electron chi connectivity index (χ4n) is 2.15. The van der Waals surface area contributed by atoms with Crippen molar-refractivity contribution in [1.82, 2.24) is 0 Å². The predicted molar refractivity (Wildman–Crippen MR) is 63.2 cm³/mol. The van der Waals surface area contributed by atoms with Crippen molar-refractivity contribution in [2.75, 3.05) is 20.8 Å². The van der Waals surface area contributed by atoms with Gasteiger partial charge in [-0.25, -0.2) is 0 Å². The molecule has 1 aliphatic rings. The quantitative estimate of drug-likeness (QED) is 0.773. The number of ether oxygens (including phenoxy) is 2. The van der Waals surface area contributed by atoms with E-state index in [1.807, 2.05) is 12.1 Å². The highest BCUT2D eigenvalue weighted by Gasteiger charge is 2.42. The zero-order valence-corrected chi connectivity index (χ0v) is 9.90. The second-order valence-corrected chi connectivity index (χ2v) is 4.41. The van der Waals surface area contributed by atoms with E-state index in [4.69, 9.17) is 15.2 Å². The topological polar surface area (TPSA) is 44.5 Å². The summed E-state index contributed by atoms with van der Waals surface area (Å²) in [7, 11) is 3.30. The zero-order valence-electron chi connectivity index (χ0n) is 9.90. The zero-order chi connectivity index (χ0) is 11.6. The van der Waals surface area contributed by atoms with Crippen molar-refractivity contribution in [2.45, 2.75) is 24.5 Å². The van der Waals surface area contributed by atoms with Gasteiger partial charge < -0.3 is 15.2 Å². The van der Waals surface area contributed by atoms with E-state index in [-0.39, 0.29) is 11.7 Å². The van der Waals surface area contributed by atoms with Crippen LogP contribution in [0.5, 0.6) is 0 Å². The van der Waals surface area contributed by atoms with Crippen LogP contribution in [-0.2, 0) is 14.9 Å². The number of hydrogen-bond donors (Lipinski definition) is 1. The fraction of sp³-hybridized carbons (Fsp3) is 0.538. The molecule has 16 heavy (non-hydrogen) atoms. The van der Waals surface area contributed by atoms with E-state index in [9.17, 15) is 0 Å². The maximum Gasteiger partial charge on any atom is 0.183 e. The summed E-state index contributed by atoms with van der Waals surface area (Å²) in [6.07, 6.45) is 2.10. The van der Waals surface area contributed by atoms with Crippen molar-refractivity contribution in [3.63, 3.8) is 0 Å². The van der Waals surface area contributed by atoms with Crippen molar-refractivity contribution in [1.29, 1.82) is 0 Å². The van der Waals surface area contributed by atoms with Gasteiger partial charge in [-0.3, -0.25) is 0 Å². The third-order valence-corrected chi connectivity index (χ3v) is 3.44. The van der Waals surface area contributed by atoms with Gasteiger partial charge in [-0.2, -0.15) is 0 Å². The van der Waals surface area contributed by atoms with Gasteiger partial charge in [0, 0.05) is 31.7 Å². The molecular formula is C13H19NO2. The Labute approximate surface area is 96.5 Å². The highest BCUT2D eigenvalue weighted by Crippen LogP contribution is 2.47. The lowest BCUT2D eigenvalue weighted by Crippen LogP contribution is -2.20. The molecule has 0 bridgehead atoms. The lowest BCUT2D eigenvalue weighted by Gasteiger charge is -2.18. The second-order valence-electron chi connectivity index (χ2n) is 4.41. The Balaban J connectivity index is 2.26. The van der Waals surface area contributed by atoms with E-state index in [0.717, 1.165) is 12.1 Å². The van der Waals surface area contributed by atoms with E-state index in [1.165, 1.54) is 18.4 Å². The van der Waals surface area contributed by atoms with E-state index >= 15 is 0 Å². The smallest absolute Gasteiger partial charge is 0.183 e. The molecule has 1 aliphatic carbocycles. The van der Waals surface area contributed by atoms with E-state index in [2.05, 4.69) is 12.1 Å². The molecule has 88 valence electrons. The molecule has 1 saturated carbocycles. The summed E-state index contributed by atoms with van der Waals surface area (Å²) in [5.74, 6) is 0. The minimum Gasteiger partial charge on any atom is -0.352 e. The summed E-state index contributed by atoms with van der Waals surface area (Å²) in [4.78, 5) is 0. The van der Waals surface area contributed by atoms with Crippen LogP contribution in [-0.4, -0.2) is 20.8 Å². The van der Waals surface area contributed by atoms with Crippen molar-refractivity contribution >= 4 is 0 Å². The lowest BCUT2D eigenvalue weighted by atomic mass is 9.94. The van der Waals surface area contributed by atoms with Gasteiger partial charge in [0.25, 0.3) is 0 Å². The van der Waals surface area contributed by atoms with Crippen LogP contribution in [0.2, 0.25) is 0 Å². The van der Waals surface area contributed by atoms with Crippen molar-refractivity contribution in [3.05, 3.63) is 35.4 Å². The van der Waals surface area contributed by atoms with Crippen LogP contribution in [0, 0.1) is 0 Å². The number of nitrogens with two attached hydrogens (primary N) is 1. The van der Waals surface area contributed by atoms with Gasteiger partial charge in [0.15, 0.2) is 6.29 Å². The standard InChI is InChI=1S/C13H19NO2/c1-15-12(16-2)10-4-3-5-11(8-10)13(9-14)6-7-13/h3-5,8,12H,6-7,9,14H2,1-2H3. The first-order valence-corrected chi connectivity index (χ1v) is 5.62. The van der Waals surface area contributed by atoms with Crippen LogP contribution >= 0.6 is 0 Å². The second kappa shape index (κ2) is 4.53. The maximum atomic E-state index is 5.83. The Morgan fingerprint density at radius 1 is 1.31 bits per heavy atom. The molecule has 0 spiro atoms. The molecule has 0 heterocycles. The highest BCUT2D eigenvalue weighted by molar-refractivity contribution is 5.35. The minimum absolute atomic E-state index is 0.224. The molecule has 1 fully saturated rings. The van der Waals surface area contributed by atoms with Gasteiger partial charge in [-0.15, -0.1) is 0 Å². The van der Waals surface area contributed by atoms with Crippen LogP contribution in [0.25, 0.3) is 0 Å². The third kappa shape index (κ3) is 1.98. The predicted octanol–water partition coefficient (Wildman–Crippen LogP) is 1.97. The normalized spacial score (nSPS) is 17.8. The molecule has 3 heteroatoms. The molecule has 0 aliphatic heterocycles. The van der Waals surface area contributed by atoms with Crippen LogP contribution in [0.4, 0.5) is 0 Å². The Morgan fingerprint density at radius 2 is 2.00 bits per heavy atom. The van der Waals surface area contributed by atoms with Gasteiger partial charge in [-0.05, 0) is 18.4 Å². The molecule has 0 aromatic heterocycles. The number of methoxy groups -OCH3 is 2. The van der Waals surface area contributed by atoms with E-state index < -0.39 is 0 Å². The lowest BCUT2D eigenvalue weighted by molar-refractivity contribution is -0.106. The minimum atomic E-state index is -0.284. The average Bonchev–Trinajstić information content (AvgIpc) is 3.12. The van der Waals surface area contributed by atoms with Crippen LogP contribution in [0.15, 0.2) is 24.3 Å². The molecule has 0 saturated heterocycles. The third-order valence-electron chi connectivity index (χ3n) is 3.44. The number of benzene rings is 1. The van der Waals surface area contributed by atoms with Crippen molar-refractivity contribution in [3.8, 4) is 0 Å². The van der Waals surface area contributed by atoms with E-state index in [1.54, 1.807) is 14.2 Å². The largest absolute Gasteiger partial charge is 0.352 e. The van der Waals surface area contributed by atoms with Crippen LogP contribution in [0.1, 0.15) is 30.3 Å². The maximum absolute atomic E-state index is 5.83. The van der Waals surface area contributed by atoms with E-state index in [0.29, 0.717) is 0 Å². The Kier molecular flexibility index (Phi) is 3.28. The number of rotatable bonds is 5. The monoisotopic (exact) mass is 221 g/mol. The molecule has 1 aromatic carbocycles. The van der Waals surface area contributed by atoms with Gasteiger partial charge in [0.05, 0.1) is 0 Å². The first-order chi connectivity index (χ1) is 7.75. The summed E-state index contributed by atoms with van der Waals surface area (Å²) in [5.41, 5.74) is 8.42. The molecule has 0 unspecified atom stereocenters. The molecule has 0 amide bonds. The first kappa shape index (κ1) is 11.6. The molecular weight excluding hydrogens is 202 g/mol. The van der Waals surface area contributed by atoms with Crippen molar-refractivity contribution < 1.29 is 9.47 Å². The molecule has 2 rings (SSSR count). The molecule has 3 nitrogen and oxygen atoms in total. The summed E-state index contributed by atoms with van der Waals surface area (Å²) < 4.78 is 10.5.